The Balaban J connectivity index is 2.02. The van der Waals surface area contributed by atoms with Crippen LogP contribution in [0.25, 0.3) is 22.4 Å². The van der Waals surface area contributed by atoms with Crippen molar-refractivity contribution in [3.8, 4) is 22.4 Å². The molecule has 0 fully saturated rings. The molecule has 0 aliphatic carbocycles. The number of rotatable bonds is 3. The van der Waals surface area contributed by atoms with Crippen molar-refractivity contribution in [1.29, 1.82) is 0 Å². The molecule has 0 bridgehead atoms. The summed E-state index contributed by atoms with van der Waals surface area (Å²) in [4.78, 5) is 4.75. The second kappa shape index (κ2) is 6.13. The molecule has 0 aliphatic rings. The largest absolute Gasteiger partial charge is 0.256 e. The minimum atomic E-state index is -1.33. The third-order valence-electron chi connectivity index (χ3n) is 4.18. The predicted molar refractivity (Wildman–Crippen MR) is 103 cm³/mol. The molecule has 3 aromatic rings. The van der Waals surface area contributed by atoms with E-state index in [-0.39, 0.29) is 0 Å². The molecule has 0 saturated carbocycles. The first-order chi connectivity index (χ1) is 10.9. The van der Waals surface area contributed by atoms with Crippen LogP contribution in [0.1, 0.15) is 5.56 Å². The Kier molecular flexibility index (Phi) is 4.18. The van der Waals surface area contributed by atoms with Gasteiger partial charge in [0, 0.05) is 11.8 Å². The van der Waals surface area contributed by atoms with E-state index in [1.165, 1.54) is 27.4 Å². The van der Waals surface area contributed by atoms with Crippen molar-refractivity contribution >= 4 is 13.3 Å². The van der Waals surface area contributed by atoms with Crippen LogP contribution in [0.3, 0.4) is 0 Å². The zero-order valence-electron chi connectivity index (χ0n) is 14.3. The fraction of sp³-hybridized carbons (Fsp3) is 0.190. The van der Waals surface area contributed by atoms with Crippen LogP contribution in [0, 0.1) is 6.92 Å². The van der Waals surface area contributed by atoms with Gasteiger partial charge >= 0.3 is 0 Å². The smallest absolute Gasteiger partial charge is 0.0799 e. The lowest BCUT2D eigenvalue weighted by Gasteiger charge is -2.19. The average molecular weight is 318 g/mol. The van der Waals surface area contributed by atoms with Gasteiger partial charge in [-0.05, 0) is 40.9 Å². The van der Waals surface area contributed by atoms with Crippen molar-refractivity contribution in [3.63, 3.8) is 0 Å². The number of aryl methyl sites for hydroxylation is 1. The van der Waals surface area contributed by atoms with Crippen LogP contribution in [0.2, 0.25) is 19.6 Å². The van der Waals surface area contributed by atoms with Gasteiger partial charge in [0.05, 0.1) is 13.8 Å². The Morgan fingerprint density at radius 3 is 2.04 bits per heavy atom. The summed E-state index contributed by atoms with van der Waals surface area (Å²) >= 11 is 0. The molecule has 0 unspecified atom stereocenters. The number of hydrogen-bond donors (Lipinski definition) is 0. The Hall–Kier alpha value is -2.19. The van der Waals surface area contributed by atoms with E-state index in [0.29, 0.717) is 0 Å². The molecule has 3 rings (SSSR count). The molecule has 1 aromatic heterocycles. The summed E-state index contributed by atoms with van der Waals surface area (Å²) in [6.07, 6.45) is 2.09. The van der Waals surface area contributed by atoms with E-state index in [1.54, 1.807) is 0 Å². The van der Waals surface area contributed by atoms with Gasteiger partial charge < -0.3 is 0 Å². The van der Waals surface area contributed by atoms with Gasteiger partial charge in [0.1, 0.15) is 0 Å². The van der Waals surface area contributed by atoms with Gasteiger partial charge in [-0.2, -0.15) is 0 Å². The molecule has 0 spiro atoms. The van der Waals surface area contributed by atoms with E-state index in [9.17, 15) is 0 Å². The van der Waals surface area contributed by atoms with Crippen LogP contribution in [-0.2, 0) is 0 Å². The van der Waals surface area contributed by atoms with Crippen LogP contribution in [0.4, 0.5) is 0 Å². The summed E-state index contributed by atoms with van der Waals surface area (Å²) in [5.74, 6) is 0. The summed E-state index contributed by atoms with van der Waals surface area (Å²) < 4.78 is 0. The molecule has 0 aliphatic heterocycles. The number of hydrogen-bond acceptors (Lipinski definition) is 1. The van der Waals surface area contributed by atoms with Crippen molar-refractivity contribution in [2.24, 2.45) is 0 Å². The number of pyridine rings is 1. The van der Waals surface area contributed by atoms with E-state index < -0.39 is 8.07 Å². The maximum Gasteiger partial charge on any atom is 0.0799 e. The highest BCUT2D eigenvalue weighted by molar-refractivity contribution is 6.89. The minimum absolute atomic E-state index is 1.06. The highest BCUT2D eigenvalue weighted by Gasteiger charge is 2.19. The zero-order chi connectivity index (χ0) is 16.4. The SMILES string of the molecule is Cc1cc(-c2cccc(-c3ccccc3)c2)ncc1[Si](C)(C)C. The maximum atomic E-state index is 4.75. The molecule has 23 heavy (non-hydrogen) atoms. The van der Waals surface area contributed by atoms with Gasteiger partial charge in [-0.15, -0.1) is 0 Å². The Morgan fingerprint density at radius 2 is 1.39 bits per heavy atom. The topological polar surface area (TPSA) is 12.9 Å². The molecule has 0 saturated heterocycles. The minimum Gasteiger partial charge on any atom is -0.256 e. The van der Waals surface area contributed by atoms with E-state index in [4.69, 9.17) is 4.98 Å². The highest BCUT2D eigenvalue weighted by Crippen LogP contribution is 2.25. The van der Waals surface area contributed by atoms with Crippen molar-refractivity contribution in [2.75, 3.05) is 0 Å². The van der Waals surface area contributed by atoms with E-state index in [1.807, 2.05) is 6.07 Å². The average Bonchev–Trinajstić information content (AvgIpc) is 2.54. The number of benzene rings is 2. The molecule has 2 aromatic carbocycles. The molecule has 2 heteroatoms. The van der Waals surface area contributed by atoms with Gasteiger partial charge in [0.15, 0.2) is 0 Å². The van der Waals surface area contributed by atoms with Gasteiger partial charge in [-0.25, -0.2) is 0 Å². The molecule has 0 amide bonds. The van der Waals surface area contributed by atoms with Crippen molar-refractivity contribution < 1.29 is 0 Å². The van der Waals surface area contributed by atoms with E-state index >= 15 is 0 Å². The quantitative estimate of drug-likeness (QED) is 0.600. The fourth-order valence-corrected chi connectivity index (χ4v) is 4.69. The summed E-state index contributed by atoms with van der Waals surface area (Å²) in [6, 6.07) is 21.4. The summed E-state index contributed by atoms with van der Waals surface area (Å²) in [7, 11) is -1.33. The van der Waals surface area contributed by atoms with Crippen molar-refractivity contribution in [1.82, 2.24) is 4.98 Å². The zero-order valence-corrected chi connectivity index (χ0v) is 15.3. The van der Waals surface area contributed by atoms with Crippen molar-refractivity contribution in [2.45, 2.75) is 26.6 Å². The molecular formula is C21H23NSi. The third-order valence-corrected chi connectivity index (χ3v) is 6.32. The van der Waals surface area contributed by atoms with Crippen molar-refractivity contribution in [3.05, 3.63) is 72.4 Å². The highest BCUT2D eigenvalue weighted by atomic mass is 28.3. The molecule has 0 atom stereocenters. The Labute approximate surface area is 140 Å². The lowest BCUT2D eigenvalue weighted by molar-refractivity contribution is 1.30. The summed E-state index contributed by atoms with van der Waals surface area (Å²) in [5, 5.41) is 1.44. The molecule has 0 N–H and O–H groups in total. The van der Waals surface area contributed by atoms with Gasteiger partial charge in [-0.1, -0.05) is 68.2 Å². The van der Waals surface area contributed by atoms with Gasteiger partial charge in [0.2, 0.25) is 0 Å². The summed E-state index contributed by atoms with van der Waals surface area (Å²) in [6.45, 7) is 9.31. The Bertz CT molecular complexity index is 817. The molecule has 1 heterocycles. The Morgan fingerprint density at radius 1 is 0.739 bits per heavy atom. The second-order valence-electron chi connectivity index (χ2n) is 7.08. The maximum absolute atomic E-state index is 4.75. The fourth-order valence-electron chi connectivity index (χ4n) is 2.99. The van der Waals surface area contributed by atoms with Crippen LogP contribution in [0.5, 0.6) is 0 Å². The van der Waals surface area contributed by atoms with E-state index in [0.717, 1.165) is 5.69 Å². The lowest BCUT2D eigenvalue weighted by atomic mass is 10.0. The van der Waals surface area contributed by atoms with Crippen LogP contribution >= 0.6 is 0 Å². The van der Waals surface area contributed by atoms with Gasteiger partial charge in [0.25, 0.3) is 0 Å². The molecular weight excluding hydrogens is 294 g/mol. The van der Waals surface area contributed by atoms with Crippen LogP contribution in [0.15, 0.2) is 66.9 Å². The third kappa shape index (κ3) is 3.43. The lowest BCUT2D eigenvalue weighted by Crippen LogP contribution is -2.39. The van der Waals surface area contributed by atoms with Gasteiger partial charge in [-0.3, -0.25) is 4.98 Å². The molecule has 116 valence electrons. The monoisotopic (exact) mass is 317 g/mol. The standard InChI is InChI=1S/C21H23NSi/c1-16-13-20(22-15-21(16)23(2,3)4)19-12-8-11-18(14-19)17-9-6-5-7-10-17/h5-15H,1-4H3. The summed E-state index contributed by atoms with van der Waals surface area (Å²) in [5.41, 5.74) is 6.07. The normalized spacial score (nSPS) is 11.5. The van der Waals surface area contributed by atoms with E-state index in [2.05, 4.69) is 87.4 Å². The first kappa shape index (κ1) is 15.7. The molecule has 0 radical (unpaired) electrons. The van der Waals surface area contributed by atoms with Crippen LogP contribution < -0.4 is 5.19 Å². The second-order valence-corrected chi connectivity index (χ2v) is 12.1. The first-order valence-corrected chi connectivity index (χ1v) is 11.6. The first-order valence-electron chi connectivity index (χ1n) is 8.08. The number of aromatic nitrogens is 1. The predicted octanol–water partition coefficient (Wildman–Crippen LogP) is 5.27. The number of nitrogens with zero attached hydrogens (tertiary/aromatic N) is 1. The molecule has 1 nitrogen and oxygen atoms in total. The van der Waals surface area contributed by atoms with Crippen LogP contribution in [-0.4, -0.2) is 13.1 Å².